The summed E-state index contributed by atoms with van der Waals surface area (Å²) in [6, 6.07) is 0. The first kappa shape index (κ1) is 5.25. The molecule has 0 N–H and O–H groups in total. The molecule has 0 spiro atoms. The molecule has 0 saturated heterocycles. The molecule has 1 nitrogen and oxygen atoms in total. The van der Waals surface area contributed by atoms with Crippen LogP contribution in [0.25, 0.3) is 0 Å². The van der Waals surface area contributed by atoms with E-state index in [2.05, 4.69) is 23.1 Å². The molecule has 1 aromatic heterocycles. The number of thiazole rings is 1. The van der Waals surface area contributed by atoms with Crippen molar-refractivity contribution in [2.24, 2.45) is 0 Å². The monoisotopic (exact) mass is 178 g/mol. The molecule has 1 heterocycles. The topological polar surface area (TPSA) is 3.88 Å². The van der Waals surface area contributed by atoms with Crippen molar-refractivity contribution in [1.29, 1.82) is 0 Å². The molecule has 1 aromatic rings. The highest BCUT2D eigenvalue weighted by atomic mass is 79.9. The third-order valence-electron chi connectivity index (χ3n) is 0.731. The van der Waals surface area contributed by atoms with Gasteiger partial charge in [0.2, 0.25) is 5.01 Å². The number of hydrogen-bond donors (Lipinski definition) is 0. The molecular formula is C4H5BrNS+. The Kier molecular flexibility index (Phi) is 1.44. The molecule has 0 amide bonds. The van der Waals surface area contributed by atoms with Gasteiger partial charge in [-0.3, -0.25) is 0 Å². The molecule has 0 radical (unpaired) electrons. The minimum Gasteiger partial charge on any atom is -0.117 e. The minimum absolute atomic E-state index is 1.26. The predicted molar refractivity (Wildman–Crippen MR) is 33.6 cm³/mol. The highest BCUT2D eigenvalue weighted by Gasteiger charge is 1.99. The van der Waals surface area contributed by atoms with Crippen molar-refractivity contribution in [1.82, 2.24) is 0 Å². The van der Waals surface area contributed by atoms with Crippen LogP contribution < -0.4 is 3.59 Å². The second-order valence-corrected chi connectivity index (χ2v) is 3.10. The van der Waals surface area contributed by atoms with Crippen molar-refractivity contribution in [3.63, 3.8) is 0 Å². The van der Waals surface area contributed by atoms with Gasteiger partial charge >= 0.3 is 16.1 Å². The Labute approximate surface area is 54.9 Å². The van der Waals surface area contributed by atoms with Gasteiger partial charge in [-0.15, -0.1) is 3.59 Å². The van der Waals surface area contributed by atoms with Crippen LogP contribution in [0.3, 0.4) is 0 Å². The lowest BCUT2D eigenvalue weighted by Gasteiger charge is -1.68. The Balaban J connectivity index is 3.12. The molecule has 3 heteroatoms. The quantitative estimate of drug-likeness (QED) is 0.568. The molecule has 38 valence electrons. The second-order valence-electron chi connectivity index (χ2n) is 1.23. The SMILES string of the molecule is Cc1scc[n+]1Br. The average molecular weight is 179 g/mol. The Morgan fingerprint density at radius 1 is 1.86 bits per heavy atom. The number of hydrogen-bond acceptors (Lipinski definition) is 1. The van der Waals surface area contributed by atoms with E-state index in [0.29, 0.717) is 0 Å². The molecule has 1 rings (SSSR count). The van der Waals surface area contributed by atoms with Crippen LogP contribution in [-0.4, -0.2) is 0 Å². The van der Waals surface area contributed by atoms with Gasteiger partial charge in [-0.05, 0) is 0 Å². The first-order valence-electron chi connectivity index (χ1n) is 1.92. The van der Waals surface area contributed by atoms with Crippen LogP contribution in [0.15, 0.2) is 11.6 Å². The van der Waals surface area contributed by atoms with Crippen molar-refractivity contribution in [2.45, 2.75) is 6.92 Å². The van der Waals surface area contributed by atoms with Gasteiger partial charge < -0.3 is 0 Å². The molecule has 0 saturated carbocycles. The summed E-state index contributed by atoms with van der Waals surface area (Å²) < 4.78 is 1.91. The maximum absolute atomic E-state index is 3.29. The fourth-order valence-electron chi connectivity index (χ4n) is 0.338. The van der Waals surface area contributed by atoms with Crippen molar-refractivity contribution in [3.8, 4) is 0 Å². The highest BCUT2D eigenvalue weighted by molar-refractivity contribution is 9.04. The van der Waals surface area contributed by atoms with E-state index < -0.39 is 0 Å². The summed E-state index contributed by atoms with van der Waals surface area (Å²) in [6.07, 6.45) is 1.97. The summed E-state index contributed by atoms with van der Waals surface area (Å²) in [7, 11) is 0. The summed E-state index contributed by atoms with van der Waals surface area (Å²) in [6.45, 7) is 2.05. The van der Waals surface area contributed by atoms with Gasteiger partial charge in [-0.1, -0.05) is 11.3 Å². The summed E-state index contributed by atoms with van der Waals surface area (Å²) >= 11 is 5.01. The summed E-state index contributed by atoms with van der Waals surface area (Å²) in [5.41, 5.74) is 0. The smallest absolute Gasteiger partial charge is 0.117 e. The van der Waals surface area contributed by atoms with E-state index in [1.165, 1.54) is 5.01 Å². The second kappa shape index (κ2) is 1.92. The standard InChI is InChI=1S/C4H5BrNS/c1-4-6(5)2-3-7-4/h2-3H,1H3/q+1. The van der Waals surface area contributed by atoms with Crippen molar-refractivity contribution < 1.29 is 3.59 Å². The van der Waals surface area contributed by atoms with Gasteiger partial charge in [0.25, 0.3) is 0 Å². The molecule has 0 aromatic carbocycles. The normalized spacial score (nSPS) is 9.43. The van der Waals surface area contributed by atoms with Gasteiger partial charge in [0.15, 0.2) is 6.20 Å². The first-order valence-corrected chi connectivity index (χ1v) is 3.51. The van der Waals surface area contributed by atoms with E-state index in [9.17, 15) is 0 Å². The maximum atomic E-state index is 3.29. The van der Waals surface area contributed by atoms with Gasteiger partial charge in [-0.25, -0.2) is 0 Å². The fourth-order valence-corrected chi connectivity index (χ4v) is 1.40. The number of rotatable bonds is 0. The number of nitrogens with zero attached hydrogens (tertiary/aromatic N) is 1. The lowest BCUT2D eigenvalue weighted by Crippen LogP contribution is -2.16. The largest absolute Gasteiger partial charge is 0.332 e. The first-order chi connectivity index (χ1) is 3.30. The van der Waals surface area contributed by atoms with E-state index in [1.54, 1.807) is 11.3 Å². The number of aromatic nitrogens is 1. The Bertz CT molecular complexity index is 144. The van der Waals surface area contributed by atoms with Crippen LogP contribution in [0.2, 0.25) is 0 Å². The molecule has 0 fully saturated rings. The third-order valence-corrected chi connectivity index (χ3v) is 2.53. The van der Waals surface area contributed by atoms with Crippen LogP contribution in [0.5, 0.6) is 0 Å². The van der Waals surface area contributed by atoms with E-state index in [-0.39, 0.29) is 0 Å². The molecular weight excluding hydrogens is 174 g/mol. The highest BCUT2D eigenvalue weighted by Crippen LogP contribution is 1.99. The van der Waals surface area contributed by atoms with Crippen molar-refractivity contribution in [3.05, 3.63) is 16.6 Å². The lowest BCUT2D eigenvalue weighted by molar-refractivity contribution is -0.475. The van der Waals surface area contributed by atoms with Gasteiger partial charge in [0.05, 0.1) is 5.38 Å². The van der Waals surface area contributed by atoms with E-state index in [1.807, 2.05) is 15.2 Å². The third kappa shape index (κ3) is 1.01. The zero-order valence-corrected chi connectivity index (χ0v) is 6.29. The molecule has 0 aliphatic carbocycles. The van der Waals surface area contributed by atoms with E-state index in [4.69, 9.17) is 0 Å². The minimum atomic E-state index is 1.26. The summed E-state index contributed by atoms with van der Waals surface area (Å²) in [5.74, 6) is 0. The van der Waals surface area contributed by atoms with Crippen LogP contribution in [0.4, 0.5) is 0 Å². The molecule has 0 aliphatic heterocycles. The zero-order chi connectivity index (χ0) is 5.28. The van der Waals surface area contributed by atoms with Gasteiger partial charge in [0, 0.05) is 6.92 Å². The molecule has 0 unspecified atom stereocenters. The van der Waals surface area contributed by atoms with Gasteiger partial charge in [-0.2, -0.15) is 0 Å². The summed E-state index contributed by atoms with van der Waals surface area (Å²) in [4.78, 5) is 0. The van der Waals surface area contributed by atoms with E-state index in [0.717, 1.165) is 0 Å². The number of aryl methyl sites for hydroxylation is 1. The molecule has 7 heavy (non-hydrogen) atoms. The maximum Gasteiger partial charge on any atom is 0.332 e. The van der Waals surface area contributed by atoms with Crippen molar-refractivity contribution in [2.75, 3.05) is 0 Å². The Morgan fingerprint density at radius 2 is 2.57 bits per heavy atom. The fraction of sp³-hybridized carbons (Fsp3) is 0.250. The van der Waals surface area contributed by atoms with Crippen LogP contribution in [0.1, 0.15) is 5.01 Å². The van der Waals surface area contributed by atoms with Crippen LogP contribution in [0, 0.1) is 6.92 Å². The van der Waals surface area contributed by atoms with E-state index >= 15 is 0 Å². The zero-order valence-electron chi connectivity index (χ0n) is 3.89. The molecule has 0 atom stereocenters. The molecule has 0 bridgehead atoms. The number of halogens is 1. The van der Waals surface area contributed by atoms with Crippen LogP contribution in [-0.2, 0) is 0 Å². The predicted octanol–water partition coefficient (Wildman–Crippen LogP) is 1.50. The summed E-state index contributed by atoms with van der Waals surface area (Å²) in [5, 5.41) is 3.30. The van der Waals surface area contributed by atoms with Crippen molar-refractivity contribution >= 4 is 27.5 Å². The van der Waals surface area contributed by atoms with Crippen LogP contribution >= 0.6 is 27.5 Å². The molecule has 0 aliphatic rings. The Hall–Kier alpha value is 0.110. The average Bonchev–Trinajstić information content (AvgIpc) is 1.91. The Morgan fingerprint density at radius 3 is 2.71 bits per heavy atom. The lowest BCUT2D eigenvalue weighted by atomic mass is 10.8. The van der Waals surface area contributed by atoms with Gasteiger partial charge in [0.1, 0.15) is 0 Å².